The maximum atomic E-state index is 11.2. The first kappa shape index (κ1) is 15.4. The lowest BCUT2D eigenvalue weighted by molar-refractivity contribution is -0.140. The van der Waals surface area contributed by atoms with Crippen molar-refractivity contribution in [2.45, 2.75) is 38.3 Å². The summed E-state index contributed by atoms with van der Waals surface area (Å²) in [7, 11) is 4.23. The maximum absolute atomic E-state index is 11.2. The van der Waals surface area contributed by atoms with E-state index < -0.39 is 12.0 Å². The molecule has 1 unspecified atom stereocenters. The standard InChI is InChI=1S/C13H27N3O2/c1-4-7-14-12(13(17)18)10-16-8-5-11(6-9-16)15(2)3/h11-12,14H,4-10H2,1-3H3,(H,17,18). The van der Waals surface area contributed by atoms with Gasteiger partial charge in [-0.15, -0.1) is 0 Å². The topological polar surface area (TPSA) is 55.8 Å². The van der Waals surface area contributed by atoms with E-state index in [4.69, 9.17) is 0 Å². The molecule has 1 aliphatic rings. The van der Waals surface area contributed by atoms with Crippen molar-refractivity contribution in [3.05, 3.63) is 0 Å². The summed E-state index contributed by atoms with van der Waals surface area (Å²) in [5, 5.41) is 12.3. The number of hydrogen-bond donors (Lipinski definition) is 2. The maximum Gasteiger partial charge on any atom is 0.322 e. The fraction of sp³-hybridized carbons (Fsp3) is 0.923. The molecule has 5 heteroatoms. The van der Waals surface area contributed by atoms with E-state index in [1.165, 1.54) is 0 Å². The van der Waals surface area contributed by atoms with Gasteiger partial charge in [0.25, 0.3) is 0 Å². The third kappa shape index (κ3) is 4.92. The zero-order valence-corrected chi connectivity index (χ0v) is 11.9. The zero-order valence-electron chi connectivity index (χ0n) is 11.9. The van der Waals surface area contributed by atoms with E-state index in [-0.39, 0.29) is 0 Å². The summed E-state index contributed by atoms with van der Waals surface area (Å²) in [5.41, 5.74) is 0. The molecule has 0 saturated carbocycles. The number of rotatable bonds is 7. The molecule has 0 amide bonds. The molecular weight excluding hydrogens is 230 g/mol. The summed E-state index contributed by atoms with van der Waals surface area (Å²) in [6.07, 6.45) is 3.23. The van der Waals surface area contributed by atoms with E-state index in [1.807, 2.05) is 0 Å². The number of aliphatic carboxylic acids is 1. The van der Waals surface area contributed by atoms with Gasteiger partial charge in [0, 0.05) is 12.6 Å². The lowest BCUT2D eigenvalue weighted by Crippen LogP contribution is -2.50. The SMILES string of the molecule is CCCNC(CN1CCC(N(C)C)CC1)C(=O)O. The number of carboxylic acids is 1. The highest BCUT2D eigenvalue weighted by atomic mass is 16.4. The highest BCUT2D eigenvalue weighted by Crippen LogP contribution is 2.14. The van der Waals surface area contributed by atoms with Crippen LogP contribution in [0.25, 0.3) is 0 Å². The summed E-state index contributed by atoms with van der Waals surface area (Å²) in [5.74, 6) is -0.738. The Hall–Kier alpha value is -0.650. The molecule has 1 atom stereocenters. The van der Waals surface area contributed by atoms with Gasteiger partial charge in [-0.3, -0.25) is 4.79 Å². The summed E-state index contributed by atoms with van der Waals surface area (Å²) in [6, 6.07) is 0.217. The lowest BCUT2D eigenvalue weighted by atomic mass is 10.0. The van der Waals surface area contributed by atoms with E-state index >= 15 is 0 Å². The third-order valence-electron chi connectivity index (χ3n) is 3.67. The molecule has 0 radical (unpaired) electrons. The van der Waals surface area contributed by atoms with E-state index in [9.17, 15) is 9.90 Å². The minimum Gasteiger partial charge on any atom is -0.480 e. The second kappa shape index (κ2) is 7.71. The highest BCUT2D eigenvalue weighted by molar-refractivity contribution is 5.73. The van der Waals surface area contributed by atoms with Crippen molar-refractivity contribution >= 4 is 5.97 Å². The highest BCUT2D eigenvalue weighted by Gasteiger charge is 2.25. The van der Waals surface area contributed by atoms with Crippen LogP contribution >= 0.6 is 0 Å². The van der Waals surface area contributed by atoms with Gasteiger partial charge in [0.15, 0.2) is 0 Å². The van der Waals surface area contributed by atoms with Crippen molar-refractivity contribution in [3.63, 3.8) is 0 Å². The summed E-state index contributed by atoms with van der Waals surface area (Å²) < 4.78 is 0. The molecule has 18 heavy (non-hydrogen) atoms. The normalized spacial score (nSPS) is 20.2. The largest absolute Gasteiger partial charge is 0.480 e. The Morgan fingerprint density at radius 2 is 2.06 bits per heavy atom. The molecule has 0 aromatic rings. The zero-order chi connectivity index (χ0) is 13.5. The van der Waals surface area contributed by atoms with Gasteiger partial charge in [-0.25, -0.2) is 0 Å². The molecule has 0 spiro atoms. The Bertz CT molecular complexity index is 251. The van der Waals surface area contributed by atoms with Crippen LogP contribution in [-0.2, 0) is 4.79 Å². The minimum absolute atomic E-state index is 0.430. The second-order valence-electron chi connectivity index (χ2n) is 5.34. The van der Waals surface area contributed by atoms with Gasteiger partial charge in [0.1, 0.15) is 6.04 Å². The van der Waals surface area contributed by atoms with E-state index in [1.54, 1.807) is 0 Å². The third-order valence-corrected chi connectivity index (χ3v) is 3.67. The van der Waals surface area contributed by atoms with Crippen molar-refractivity contribution in [1.82, 2.24) is 15.1 Å². The molecule has 0 bridgehead atoms. The van der Waals surface area contributed by atoms with Gasteiger partial charge < -0.3 is 20.2 Å². The number of piperidine rings is 1. The number of nitrogens with one attached hydrogen (secondary N) is 1. The number of hydrogen-bond acceptors (Lipinski definition) is 4. The first-order valence-corrected chi connectivity index (χ1v) is 6.89. The Kier molecular flexibility index (Phi) is 6.60. The number of carboxylic acid groups (broad SMARTS) is 1. The van der Waals surface area contributed by atoms with Crippen molar-refractivity contribution in [2.24, 2.45) is 0 Å². The van der Waals surface area contributed by atoms with Crippen molar-refractivity contribution < 1.29 is 9.90 Å². The molecule has 2 N–H and O–H groups in total. The van der Waals surface area contributed by atoms with E-state index in [0.717, 1.165) is 38.9 Å². The molecule has 0 aliphatic carbocycles. The van der Waals surface area contributed by atoms with Crippen LogP contribution in [-0.4, -0.2) is 73.2 Å². The number of carbonyl (C=O) groups is 1. The van der Waals surface area contributed by atoms with Crippen LogP contribution in [0.15, 0.2) is 0 Å². The van der Waals surface area contributed by atoms with Crippen LogP contribution < -0.4 is 5.32 Å². The number of likely N-dealkylation sites (tertiary alicyclic amines) is 1. The van der Waals surface area contributed by atoms with E-state index in [0.29, 0.717) is 12.6 Å². The smallest absolute Gasteiger partial charge is 0.322 e. The van der Waals surface area contributed by atoms with E-state index in [2.05, 4.69) is 36.1 Å². The summed E-state index contributed by atoms with van der Waals surface area (Å²) in [4.78, 5) is 15.7. The van der Waals surface area contributed by atoms with Gasteiger partial charge in [0.2, 0.25) is 0 Å². The van der Waals surface area contributed by atoms with Crippen molar-refractivity contribution in [3.8, 4) is 0 Å². The molecule has 1 rings (SSSR count). The summed E-state index contributed by atoms with van der Waals surface area (Å²) >= 11 is 0. The van der Waals surface area contributed by atoms with Gasteiger partial charge in [-0.2, -0.15) is 0 Å². The second-order valence-corrected chi connectivity index (χ2v) is 5.34. The molecular formula is C13H27N3O2. The van der Waals surface area contributed by atoms with Crippen molar-refractivity contribution in [1.29, 1.82) is 0 Å². The minimum atomic E-state index is -0.738. The van der Waals surface area contributed by atoms with Gasteiger partial charge in [-0.05, 0) is 53.0 Å². The molecule has 0 aromatic heterocycles. The average molecular weight is 257 g/mol. The fourth-order valence-electron chi connectivity index (χ4n) is 2.43. The van der Waals surface area contributed by atoms with Gasteiger partial charge in [-0.1, -0.05) is 6.92 Å². The Morgan fingerprint density at radius 1 is 1.44 bits per heavy atom. The Labute approximate surface area is 110 Å². The fourth-order valence-corrected chi connectivity index (χ4v) is 2.43. The molecule has 0 aromatic carbocycles. The van der Waals surface area contributed by atoms with Crippen molar-refractivity contribution in [2.75, 3.05) is 40.3 Å². The Morgan fingerprint density at radius 3 is 2.50 bits per heavy atom. The number of nitrogens with zero attached hydrogens (tertiary/aromatic N) is 2. The molecule has 5 nitrogen and oxygen atoms in total. The first-order valence-electron chi connectivity index (χ1n) is 6.89. The van der Waals surface area contributed by atoms with Crippen LogP contribution in [0.4, 0.5) is 0 Å². The molecule has 1 aliphatic heterocycles. The molecule has 1 fully saturated rings. The molecule has 106 valence electrons. The molecule has 1 saturated heterocycles. The monoisotopic (exact) mass is 257 g/mol. The average Bonchev–Trinajstić information content (AvgIpc) is 2.34. The summed E-state index contributed by atoms with van der Waals surface area (Å²) in [6.45, 7) is 5.44. The predicted molar refractivity (Wildman–Crippen MR) is 72.9 cm³/mol. The Balaban J connectivity index is 2.35. The van der Waals surface area contributed by atoms with Crippen LogP contribution in [0.2, 0.25) is 0 Å². The quantitative estimate of drug-likeness (QED) is 0.694. The van der Waals surface area contributed by atoms with Gasteiger partial charge >= 0.3 is 5.97 Å². The van der Waals surface area contributed by atoms with Crippen LogP contribution in [0, 0.1) is 0 Å². The van der Waals surface area contributed by atoms with Crippen LogP contribution in [0.3, 0.4) is 0 Å². The predicted octanol–water partition coefficient (Wildman–Crippen LogP) is 0.465. The van der Waals surface area contributed by atoms with Gasteiger partial charge in [0.05, 0.1) is 0 Å². The van der Waals surface area contributed by atoms with Crippen LogP contribution in [0.5, 0.6) is 0 Å². The van der Waals surface area contributed by atoms with Crippen LogP contribution in [0.1, 0.15) is 26.2 Å². The molecule has 1 heterocycles. The lowest BCUT2D eigenvalue weighted by Gasteiger charge is -2.36. The first-order chi connectivity index (χ1) is 8.54.